The lowest BCUT2D eigenvalue weighted by Crippen LogP contribution is -2.20. The second kappa shape index (κ2) is 6.99. The van der Waals surface area contributed by atoms with Crippen molar-refractivity contribution in [3.63, 3.8) is 0 Å². The van der Waals surface area contributed by atoms with Gasteiger partial charge in [0, 0.05) is 11.5 Å². The molecule has 0 aliphatic heterocycles. The van der Waals surface area contributed by atoms with Crippen LogP contribution < -0.4 is 4.74 Å². The molecule has 1 aromatic rings. The predicted octanol–water partition coefficient (Wildman–Crippen LogP) is 2.41. The molecule has 6 nitrogen and oxygen atoms in total. The lowest BCUT2D eigenvalue weighted by molar-refractivity contribution is 0.0146. The minimum Gasteiger partial charge on any atom is -0.496 e. The van der Waals surface area contributed by atoms with E-state index in [4.69, 9.17) is 10.3 Å². The van der Waals surface area contributed by atoms with Gasteiger partial charge in [-0.05, 0) is 54.6 Å². The molecule has 0 saturated heterocycles. The fourth-order valence-corrected chi connectivity index (χ4v) is 1.95. The van der Waals surface area contributed by atoms with E-state index < -0.39 is 12.2 Å². The van der Waals surface area contributed by atoms with Gasteiger partial charge in [0.2, 0.25) is 0 Å². The Labute approximate surface area is 112 Å². The third-order valence-corrected chi connectivity index (χ3v) is 3.05. The third-order valence-electron chi connectivity index (χ3n) is 3.05. The van der Waals surface area contributed by atoms with Gasteiger partial charge in [-0.2, -0.15) is 0 Å². The Bertz CT molecular complexity index is 484. The van der Waals surface area contributed by atoms with Gasteiger partial charge in [-0.15, -0.1) is 0 Å². The summed E-state index contributed by atoms with van der Waals surface area (Å²) in [7, 11) is 1.59. The first-order valence-corrected chi connectivity index (χ1v) is 6.03. The predicted molar refractivity (Wildman–Crippen MR) is 72.1 cm³/mol. The molecule has 0 amide bonds. The topological polar surface area (TPSA) is 98.5 Å². The summed E-state index contributed by atoms with van der Waals surface area (Å²) in [4.78, 5) is 2.61. The Morgan fingerprint density at radius 2 is 2.00 bits per heavy atom. The zero-order valence-corrected chi connectivity index (χ0v) is 11.4. The molecule has 1 rings (SSSR count). The normalized spacial score (nSPS) is 13.5. The molecule has 6 heteroatoms. The summed E-state index contributed by atoms with van der Waals surface area (Å²) in [5.74, 6) is 0.747. The third kappa shape index (κ3) is 3.86. The van der Waals surface area contributed by atoms with Crippen LogP contribution >= 0.6 is 0 Å². The van der Waals surface area contributed by atoms with E-state index in [2.05, 4.69) is 10.0 Å². The van der Waals surface area contributed by atoms with Crippen molar-refractivity contribution in [3.05, 3.63) is 39.3 Å². The number of nitrogens with zero attached hydrogens (tertiary/aromatic N) is 3. The zero-order chi connectivity index (χ0) is 14.4. The van der Waals surface area contributed by atoms with Gasteiger partial charge < -0.3 is 14.9 Å². The SMILES string of the molecule is COc1cc(C)c(C(O)C(O)CCN=[N+]=[N-])cc1C. The Hall–Kier alpha value is -1.75. The van der Waals surface area contributed by atoms with Crippen LogP contribution in [0.1, 0.15) is 29.2 Å². The highest BCUT2D eigenvalue weighted by atomic mass is 16.5. The maximum absolute atomic E-state index is 10.1. The molecule has 0 radical (unpaired) electrons. The maximum atomic E-state index is 10.1. The molecule has 0 fully saturated rings. The molecule has 19 heavy (non-hydrogen) atoms. The average Bonchev–Trinajstić information content (AvgIpc) is 2.40. The molecule has 0 spiro atoms. The molecule has 0 aliphatic rings. The van der Waals surface area contributed by atoms with Crippen LogP contribution in [0.5, 0.6) is 5.75 Å². The number of benzene rings is 1. The van der Waals surface area contributed by atoms with Crippen LogP contribution in [0.25, 0.3) is 10.4 Å². The minimum atomic E-state index is -1.00. The van der Waals surface area contributed by atoms with E-state index in [1.165, 1.54) is 0 Å². The van der Waals surface area contributed by atoms with E-state index in [9.17, 15) is 10.2 Å². The summed E-state index contributed by atoms with van der Waals surface area (Å²) in [6.07, 6.45) is -1.74. The summed E-state index contributed by atoms with van der Waals surface area (Å²) in [6.45, 7) is 3.88. The fourth-order valence-electron chi connectivity index (χ4n) is 1.95. The number of aliphatic hydroxyl groups is 2. The fraction of sp³-hybridized carbons (Fsp3) is 0.538. The molecule has 0 heterocycles. The van der Waals surface area contributed by atoms with Crippen LogP contribution in [-0.2, 0) is 0 Å². The molecule has 0 aliphatic carbocycles. The number of aliphatic hydroxyl groups excluding tert-OH is 2. The van der Waals surface area contributed by atoms with E-state index >= 15 is 0 Å². The van der Waals surface area contributed by atoms with Gasteiger partial charge in [-0.1, -0.05) is 5.11 Å². The molecule has 104 valence electrons. The van der Waals surface area contributed by atoms with Crippen molar-refractivity contribution in [1.82, 2.24) is 0 Å². The van der Waals surface area contributed by atoms with E-state index in [1.807, 2.05) is 19.9 Å². The minimum absolute atomic E-state index is 0.156. The lowest BCUT2D eigenvalue weighted by atomic mass is 9.95. The van der Waals surface area contributed by atoms with E-state index in [0.29, 0.717) is 5.56 Å². The van der Waals surface area contributed by atoms with Crippen molar-refractivity contribution in [2.24, 2.45) is 5.11 Å². The molecule has 0 bridgehead atoms. The van der Waals surface area contributed by atoms with Crippen molar-refractivity contribution >= 4 is 0 Å². The van der Waals surface area contributed by atoms with Crippen molar-refractivity contribution in [2.75, 3.05) is 13.7 Å². The first-order chi connectivity index (χ1) is 9.01. The highest BCUT2D eigenvalue weighted by Crippen LogP contribution is 2.28. The summed E-state index contributed by atoms with van der Waals surface area (Å²) >= 11 is 0. The second-order valence-corrected chi connectivity index (χ2v) is 4.43. The molecule has 1 aromatic carbocycles. The van der Waals surface area contributed by atoms with Crippen LogP contribution in [0.2, 0.25) is 0 Å². The molecule has 2 atom stereocenters. The van der Waals surface area contributed by atoms with Gasteiger partial charge in [0.25, 0.3) is 0 Å². The van der Waals surface area contributed by atoms with E-state index in [-0.39, 0.29) is 13.0 Å². The number of hydrogen-bond acceptors (Lipinski definition) is 4. The Balaban J connectivity index is 2.89. The van der Waals surface area contributed by atoms with Gasteiger partial charge in [0.15, 0.2) is 0 Å². The molecule has 2 N–H and O–H groups in total. The lowest BCUT2D eigenvalue weighted by Gasteiger charge is -2.20. The molecular weight excluding hydrogens is 246 g/mol. The van der Waals surface area contributed by atoms with Crippen LogP contribution in [0, 0.1) is 13.8 Å². The van der Waals surface area contributed by atoms with Gasteiger partial charge in [-0.25, -0.2) is 0 Å². The van der Waals surface area contributed by atoms with Crippen LogP contribution in [0.3, 0.4) is 0 Å². The monoisotopic (exact) mass is 265 g/mol. The average molecular weight is 265 g/mol. The van der Waals surface area contributed by atoms with Crippen LogP contribution in [0.4, 0.5) is 0 Å². The maximum Gasteiger partial charge on any atom is 0.122 e. The van der Waals surface area contributed by atoms with Crippen molar-refractivity contribution in [3.8, 4) is 5.75 Å². The number of methoxy groups -OCH3 is 1. The number of hydrogen-bond donors (Lipinski definition) is 2. The molecular formula is C13H19N3O3. The number of aryl methyl sites for hydroxylation is 2. The largest absolute Gasteiger partial charge is 0.496 e. The smallest absolute Gasteiger partial charge is 0.122 e. The van der Waals surface area contributed by atoms with E-state index in [0.717, 1.165) is 16.9 Å². The van der Waals surface area contributed by atoms with Crippen LogP contribution in [-0.4, -0.2) is 30.0 Å². The van der Waals surface area contributed by atoms with Gasteiger partial charge in [-0.3, -0.25) is 0 Å². The van der Waals surface area contributed by atoms with Gasteiger partial charge in [0.1, 0.15) is 11.9 Å². The second-order valence-electron chi connectivity index (χ2n) is 4.43. The highest BCUT2D eigenvalue weighted by Gasteiger charge is 2.20. The molecule has 0 saturated carbocycles. The first-order valence-electron chi connectivity index (χ1n) is 6.03. The molecule has 2 unspecified atom stereocenters. The zero-order valence-electron chi connectivity index (χ0n) is 11.4. The van der Waals surface area contributed by atoms with Gasteiger partial charge in [0.05, 0.1) is 13.2 Å². The standard InChI is InChI=1S/C13H19N3O3/c1-8-7-12(19-3)9(2)6-10(8)13(18)11(17)4-5-15-16-14/h6-7,11,13,17-18H,4-5H2,1-3H3. The van der Waals surface area contributed by atoms with Crippen molar-refractivity contribution in [2.45, 2.75) is 32.5 Å². The summed E-state index contributed by atoms with van der Waals surface area (Å²) in [5, 5.41) is 23.4. The van der Waals surface area contributed by atoms with Crippen molar-refractivity contribution < 1.29 is 14.9 Å². The number of azide groups is 1. The number of ether oxygens (including phenoxy) is 1. The summed E-state index contributed by atoms with van der Waals surface area (Å²) in [6, 6.07) is 3.63. The Morgan fingerprint density at radius 3 is 2.58 bits per heavy atom. The van der Waals surface area contributed by atoms with E-state index in [1.54, 1.807) is 13.2 Å². The summed E-state index contributed by atoms with van der Waals surface area (Å²) in [5.41, 5.74) is 10.6. The quantitative estimate of drug-likeness (QED) is 0.469. The van der Waals surface area contributed by atoms with Gasteiger partial charge >= 0.3 is 0 Å². The molecule has 0 aromatic heterocycles. The van der Waals surface area contributed by atoms with Crippen LogP contribution in [0.15, 0.2) is 17.2 Å². The van der Waals surface area contributed by atoms with Crippen molar-refractivity contribution in [1.29, 1.82) is 0 Å². The Kier molecular flexibility index (Phi) is 5.63. The first kappa shape index (κ1) is 15.3. The highest BCUT2D eigenvalue weighted by molar-refractivity contribution is 5.42. The Morgan fingerprint density at radius 1 is 1.32 bits per heavy atom. The summed E-state index contributed by atoms with van der Waals surface area (Å²) < 4.78 is 5.20. The number of rotatable bonds is 6.